The highest BCUT2D eigenvalue weighted by molar-refractivity contribution is 6.53. The molecule has 2 heterocycles. The van der Waals surface area contributed by atoms with E-state index in [0.29, 0.717) is 11.1 Å². The molecule has 2 aliphatic carbocycles. The largest absolute Gasteiger partial charge is 0.504 e. The first kappa shape index (κ1) is 26.5. The highest BCUT2D eigenvalue weighted by Crippen LogP contribution is 2.65. The molecule has 0 unspecified atom stereocenters. The average molecular weight is 565 g/mol. The molecular formula is C26H26Cl2N2O8. The number of hydrogen-bond acceptors (Lipinski definition) is 7. The number of fused-ring (bicyclic) bond motifs is 4. The lowest BCUT2D eigenvalue weighted by atomic mass is 9.56. The maximum Gasteiger partial charge on any atom is 0.305 e. The van der Waals surface area contributed by atoms with Crippen molar-refractivity contribution in [2.45, 2.75) is 41.9 Å². The second-order valence-electron chi connectivity index (χ2n) is 10.1. The van der Waals surface area contributed by atoms with Crippen molar-refractivity contribution in [1.29, 1.82) is 0 Å². The molecule has 0 radical (unpaired) electrons. The van der Waals surface area contributed by atoms with Gasteiger partial charge in [0.1, 0.15) is 0 Å². The number of aromatic hydroxyl groups is 1. The van der Waals surface area contributed by atoms with Gasteiger partial charge in [0.05, 0.1) is 24.9 Å². The fourth-order valence-corrected chi connectivity index (χ4v) is 7.61. The lowest BCUT2D eigenvalue weighted by molar-refractivity contribution is -0.143. The number of rotatable bonds is 6. The van der Waals surface area contributed by atoms with Gasteiger partial charge in [-0.1, -0.05) is 17.7 Å². The van der Waals surface area contributed by atoms with Gasteiger partial charge < -0.3 is 14.9 Å². The molecule has 0 spiro atoms. The number of carboxylic acid groups (broad SMARTS) is 1. The van der Waals surface area contributed by atoms with Crippen LogP contribution < -0.4 is 4.74 Å². The number of carboxylic acids is 1. The number of likely N-dealkylation sites (tertiary alicyclic amines) is 2. The summed E-state index contributed by atoms with van der Waals surface area (Å²) in [5.74, 6) is -6.79. The first-order valence-corrected chi connectivity index (χ1v) is 13.1. The number of nitrogens with zero attached hydrogens (tertiary/aromatic N) is 2. The summed E-state index contributed by atoms with van der Waals surface area (Å²) in [6.45, 7) is 1.74. The molecule has 2 aliphatic heterocycles. The van der Waals surface area contributed by atoms with Crippen LogP contribution in [0.15, 0.2) is 29.8 Å². The Balaban J connectivity index is 1.66. The van der Waals surface area contributed by atoms with E-state index in [0.717, 1.165) is 9.80 Å². The van der Waals surface area contributed by atoms with Crippen LogP contribution in [0.25, 0.3) is 0 Å². The topological polar surface area (TPSA) is 142 Å². The Hall–Kier alpha value is -3.11. The molecule has 2 saturated heterocycles. The Morgan fingerprint density at radius 3 is 2.50 bits per heavy atom. The van der Waals surface area contributed by atoms with Crippen molar-refractivity contribution in [2.24, 2.45) is 17.8 Å². The predicted molar refractivity (Wildman–Crippen MR) is 134 cm³/mol. The van der Waals surface area contributed by atoms with Crippen LogP contribution in [-0.2, 0) is 24.0 Å². The molecule has 12 heteroatoms. The van der Waals surface area contributed by atoms with Gasteiger partial charge in [-0.3, -0.25) is 33.8 Å². The number of imide groups is 2. The van der Waals surface area contributed by atoms with Crippen molar-refractivity contribution in [3.8, 4) is 11.5 Å². The number of phenols is 1. The smallest absolute Gasteiger partial charge is 0.305 e. The summed E-state index contributed by atoms with van der Waals surface area (Å²) in [6.07, 6.45) is 1.42. The molecule has 0 bridgehead atoms. The Bertz CT molecular complexity index is 1310. The third kappa shape index (κ3) is 3.42. The number of alkyl halides is 2. The van der Waals surface area contributed by atoms with Crippen molar-refractivity contribution in [3.05, 3.63) is 35.4 Å². The van der Waals surface area contributed by atoms with Crippen LogP contribution in [0.5, 0.6) is 11.5 Å². The van der Waals surface area contributed by atoms with E-state index < -0.39 is 63.0 Å². The monoisotopic (exact) mass is 564 g/mol. The summed E-state index contributed by atoms with van der Waals surface area (Å²) in [5.41, 5.74) is 1.06. The molecular weight excluding hydrogens is 539 g/mol. The first-order chi connectivity index (χ1) is 17.9. The Morgan fingerprint density at radius 1 is 1.13 bits per heavy atom. The minimum Gasteiger partial charge on any atom is -0.504 e. The molecule has 1 saturated carbocycles. The van der Waals surface area contributed by atoms with Gasteiger partial charge in [-0.05, 0) is 43.4 Å². The molecule has 202 valence electrons. The van der Waals surface area contributed by atoms with E-state index in [1.165, 1.54) is 19.2 Å². The van der Waals surface area contributed by atoms with Crippen molar-refractivity contribution in [1.82, 2.24) is 9.80 Å². The summed E-state index contributed by atoms with van der Waals surface area (Å²) in [6, 6.07) is 4.50. The Labute approximate surface area is 228 Å². The van der Waals surface area contributed by atoms with E-state index in [1.807, 2.05) is 0 Å². The molecule has 6 atom stereocenters. The van der Waals surface area contributed by atoms with E-state index in [9.17, 15) is 29.1 Å². The maximum absolute atomic E-state index is 13.6. The zero-order valence-corrected chi connectivity index (χ0v) is 22.2. The number of phenolic OH excluding ortho intramolecular Hbond substituents is 1. The SMILES string of the molecule is CCOc1cc([C@H]2C3=CC[C@@H]4C(=O)N(CCC(=O)O)C(=O)[C@@H]4[C@@H]3C[C@@]3(Cl)C(=O)N(C)C(=O)[C@@]23Cl)ccc1O. The maximum atomic E-state index is 13.6. The van der Waals surface area contributed by atoms with Gasteiger partial charge in [0.25, 0.3) is 11.8 Å². The minimum absolute atomic E-state index is 0.127. The van der Waals surface area contributed by atoms with Gasteiger partial charge in [0.2, 0.25) is 11.8 Å². The molecule has 1 aromatic carbocycles. The van der Waals surface area contributed by atoms with Crippen LogP contribution in [0.4, 0.5) is 0 Å². The lowest BCUT2D eigenvalue weighted by Crippen LogP contribution is -2.60. The first-order valence-electron chi connectivity index (χ1n) is 12.3. The van der Waals surface area contributed by atoms with E-state index >= 15 is 0 Å². The van der Waals surface area contributed by atoms with Gasteiger partial charge >= 0.3 is 5.97 Å². The minimum atomic E-state index is -1.94. The number of allylic oxidation sites excluding steroid dienone is 2. The Morgan fingerprint density at radius 2 is 1.84 bits per heavy atom. The van der Waals surface area contributed by atoms with E-state index in [2.05, 4.69) is 0 Å². The van der Waals surface area contributed by atoms with E-state index in [1.54, 1.807) is 19.1 Å². The second kappa shape index (κ2) is 8.98. The number of amides is 4. The molecule has 4 amide bonds. The molecule has 0 aromatic heterocycles. The molecule has 5 rings (SSSR count). The van der Waals surface area contributed by atoms with E-state index in [-0.39, 0.29) is 43.9 Å². The Kier molecular flexibility index (Phi) is 6.26. The van der Waals surface area contributed by atoms with Crippen LogP contribution in [0.3, 0.4) is 0 Å². The fraction of sp³-hybridized carbons (Fsp3) is 0.500. The van der Waals surface area contributed by atoms with Gasteiger partial charge in [0, 0.05) is 19.5 Å². The number of carbonyl (C=O) groups is 5. The van der Waals surface area contributed by atoms with Crippen molar-refractivity contribution in [2.75, 3.05) is 20.2 Å². The van der Waals surface area contributed by atoms with Crippen LogP contribution in [0.2, 0.25) is 0 Å². The highest BCUT2D eigenvalue weighted by atomic mass is 35.5. The predicted octanol–water partition coefficient (Wildman–Crippen LogP) is 2.25. The standard InChI is InChI=1S/C26H26Cl2N2O8/c1-3-38-17-10-12(4-7-16(17)31)20-13-5-6-14-19(22(35)30(21(14)34)9-8-18(32)33)15(13)11-25(27)23(36)29(2)24(37)26(20,25)28/h4-5,7,10,14-15,19-20,31H,3,6,8-9,11H2,1-2H3,(H,32,33)/t14-,15+,19-,20-,25+,26-/m0/s1. The van der Waals surface area contributed by atoms with Gasteiger partial charge in [-0.25, -0.2) is 0 Å². The van der Waals surface area contributed by atoms with Gasteiger partial charge in [0.15, 0.2) is 21.2 Å². The molecule has 38 heavy (non-hydrogen) atoms. The number of halogens is 2. The summed E-state index contributed by atoms with van der Waals surface area (Å²) >= 11 is 14.2. The van der Waals surface area contributed by atoms with Crippen molar-refractivity contribution in [3.63, 3.8) is 0 Å². The molecule has 1 aromatic rings. The number of aliphatic carboxylic acids is 1. The van der Waals surface area contributed by atoms with Crippen molar-refractivity contribution >= 4 is 52.8 Å². The number of carbonyl (C=O) groups excluding carboxylic acids is 4. The van der Waals surface area contributed by atoms with Crippen LogP contribution in [0, 0.1) is 17.8 Å². The normalized spacial score (nSPS) is 34.2. The summed E-state index contributed by atoms with van der Waals surface area (Å²) in [5, 5.41) is 19.4. The molecule has 4 aliphatic rings. The quantitative estimate of drug-likeness (QED) is 0.304. The lowest BCUT2D eigenvalue weighted by Gasteiger charge is -2.50. The number of ether oxygens (including phenoxy) is 1. The summed E-state index contributed by atoms with van der Waals surface area (Å²) in [4.78, 5) is 62.7. The van der Waals surface area contributed by atoms with Gasteiger partial charge in [-0.2, -0.15) is 0 Å². The third-order valence-electron chi connectivity index (χ3n) is 8.27. The van der Waals surface area contributed by atoms with Crippen molar-refractivity contribution < 1.29 is 38.9 Å². The average Bonchev–Trinajstić information content (AvgIpc) is 3.19. The van der Waals surface area contributed by atoms with E-state index in [4.69, 9.17) is 33.0 Å². The van der Waals surface area contributed by atoms with Crippen LogP contribution >= 0.6 is 23.2 Å². The van der Waals surface area contributed by atoms with Gasteiger partial charge in [-0.15, -0.1) is 23.2 Å². The summed E-state index contributed by atoms with van der Waals surface area (Å²) < 4.78 is 5.54. The molecule has 10 nitrogen and oxygen atoms in total. The second-order valence-corrected chi connectivity index (χ2v) is 11.4. The van der Waals surface area contributed by atoms with Crippen LogP contribution in [-0.4, -0.2) is 79.6 Å². The summed E-state index contributed by atoms with van der Waals surface area (Å²) in [7, 11) is 1.30. The third-order valence-corrected chi connectivity index (χ3v) is 9.69. The number of hydrogen-bond donors (Lipinski definition) is 2. The fourth-order valence-electron chi connectivity index (χ4n) is 6.59. The zero-order chi connectivity index (χ0) is 27.7. The molecule has 2 N–H and O–H groups in total. The van der Waals surface area contributed by atoms with Crippen LogP contribution in [0.1, 0.15) is 37.7 Å². The highest BCUT2D eigenvalue weighted by Gasteiger charge is 2.75. The molecule has 3 fully saturated rings. The number of benzene rings is 1. The zero-order valence-electron chi connectivity index (χ0n) is 20.6.